The topological polar surface area (TPSA) is 106 Å². The summed E-state index contributed by atoms with van der Waals surface area (Å²) >= 11 is 0. The van der Waals surface area contributed by atoms with E-state index in [-0.39, 0.29) is 5.91 Å². The van der Waals surface area contributed by atoms with Crippen LogP contribution in [0.2, 0.25) is 0 Å². The van der Waals surface area contributed by atoms with Crippen molar-refractivity contribution in [2.45, 2.75) is 19.9 Å². The molecule has 1 N–H and O–H groups in total. The molecule has 0 aliphatic carbocycles. The second kappa shape index (κ2) is 8.90. The van der Waals surface area contributed by atoms with E-state index in [1.807, 2.05) is 45.3 Å². The first kappa shape index (κ1) is 21.9. The third-order valence-electron chi connectivity index (χ3n) is 6.76. The molecule has 2 saturated heterocycles. The van der Waals surface area contributed by atoms with Gasteiger partial charge >= 0.3 is 0 Å². The summed E-state index contributed by atoms with van der Waals surface area (Å²) in [4.78, 5) is 36.3. The van der Waals surface area contributed by atoms with Crippen molar-refractivity contribution in [2.75, 3.05) is 50.8 Å². The number of anilines is 1. The van der Waals surface area contributed by atoms with Crippen LogP contribution in [0, 0.1) is 0 Å². The molecule has 11 nitrogen and oxygen atoms in total. The van der Waals surface area contributed by atoms with Crippen molar-refractivity contribution in [2.24, 2.45) is 7.05 Å². The number of nitrogens with one attached hydrogen (secondary N) is 1. The molecule has 35 heavy (non-hydrogen) atoms. The Kier molecular flexibility index (Phi) is 5.57. The van der Waals surface area contributed by atoms with Gasteiger partial charge in [-0.15, -0.1) is 0 Å². The van der Waals surface area contributed by atoms with Crippen molar-refractivity contribution in [3.05, 3.63) is 35.9 Å². The van der Waals surface area contributed by atoms with Crippen molar-refractivity contribution in [1.29, 1.82) is 0 Å². The number of hydrogen-bond acceptors (Lipinski definition) is 8. The van der Waals surface area contributed by atoms with Gasteiger partial charge in [0.15, 0.2) is 17.0 Å². The molecular weight excluding hydrogens is 446 g/mol. The Morgan fingerprint density at radius 1 is 1.03 bits per heavy atom. The highest BCUT2D eigenvalue weighted by molar-refractivity contribution is 5.86. The lowest BCUT2D eigenvalue weighted by Gasteiger charge is -2.28. The molecule has 0 radical (unpaired) electrons. The number of morpholine rings is 1. The quantitative estimate of drug-likeness (QED) is 0.456. The Hall–Kier alpha value is -3.57. The molecule has 4 aromatic rings. The molecule has 3 aromatic heterocycles. The van der Waals surface area contributed by atoms with Crippen molar-refractivity contribution < 1.29 is 9.53 Å². The molecule has 2 aliphatic rings. The number of aryl methyl sites for hydroxylation is 2. The third-order valence-corrected chi connectivity index (χ3v) is 6.76. The number of para-hydroxylation sites is 2. The fourth-order valence-corrected chi connectivity index (χ4v) is 4.84. The molecule has 2 fully saturated rings. The molecule has 2 aliphatic heterocycles. The SMILES string of the molecule is CCc1nc2ccccc2n1-c1nc(N2CCOCC2)c2nc(CN3CCNCC3=O)n(C)c2n1. The number of ether oxygens (including phenoxy) is 1. The van der Waals surface area contributed by atoms with E-state index < -0.39 is 0 Å². The van der Waals surface area contributed by atoms with Crippen LogP contribution < -0.4 is 10.2 Å². The van der Waals surface area contributed by atoms with Gasteiger partial charge in [0.1, 0.15) is 11.6 Å². The van der Waals surface area contributed by atoms with Crippen LogP contribution in [0.15, 0.2) is 24.3 Å². The van der Waals surface area contributed by atoms with Crippen LogP contribution in [0.4, 0.5) is 5.82 Å². The number of fused-ring (bicyclic) bond motifs is 2. The smallest absolute Gasteiger partial charge is 0.239 e. The molecule has 5 heterocycles. The van der Waals surface area contributed by atoms with Gasteiger partial charge in [0.25, 0.3) is 0 Å². The van der Waals surface area contributed by atoms with Gasteiger partial charge in [-0.2, -0.15) is 9.97 Å². The zero-order valence-corrected chi connectivity index (χ0v) is 20.1. The van der Waals surface area contributed by atoms with Crippen molar-refractivity contribution in [3.63, 3.8) is 0 Å². The minimum atomic E-state index is 0.0842. The van der Waals surface area contributed by atoms with Crippen molar-refractivity contribution in [1.82, 2.24) is 39.3 Å². The van der Waals surface area contributed by atoms with Crippen molar-refractivity contribution >= 4 is 33.9 Å². The number of imidazole rings is 2. The lowest BCUT2D eigenvalue weighted by molar-refractivity contribution is -0.132. The second-order valence-corrected chi connectivity index (χ2v) is 8.90. The van der Waals surface area contributed by atoms with Crippen LogP contribution in [0.5, 0.6) is 0 Å². The standard InChI is InChI=1S/C24H29N9O2/c1-3-18-26-16-6-4-5-7-17(16)33(18)24-28-22-21(23(29-24)31-10-12-35-13-11-31)27-19(30(22)2)15-32-9-8-25-14-20(32)34/h4-7,25H,3,8-15H2,1-2H3. The maximum atomic E-state index is 12.4. The molecule has 0 unspecified atom stereocenters. The Labute approximate surface area is 202 Å². The van der Waals surface area contributed by atoms with Crippen LogP contribution in [0.1, 0.15) is 18.6 Å². The molecule has 1 amide bonds. The fraction of sp³-hybridized carbons (Fsp3) is 0.458. The van der Waals surface area contributed by atoms with E-state index in [2.05, 4.69) is 17.1 Å². The first-order chi connectivity index (χ1) is 17.1. The fourth-order valence-electron chi connectivity index (χ4n) is 4.84. The van der Waals surface area contributed by atoms with E-state index in [0.717, 1.165) is 65.7 Å². The third kappa shape index (κ3) is 3.80. The minimum Gasteiger partial charge on any atom is -0.378 e. The summed E-state index contributed by atoms with van der Waals surface area (Å²) in [6, 6.07) is 8.06. The van der Waals surface area contributed by atoms with Crippen LogP contribution in [0.3, 0.4) is 0 Å². The van der Waals surface area contributed by atoms with E-state index in [0.29, 0.717) is 38.8 Å². The van der Waals surface area contributed by atoms with Gasteiger partial charge in [-0.1, -0.05) is 19.1 Å². The number of rotatable bonds is 5. The predicted molar refractivity (Wildman–Crippen MR) is 132 cm³/mol. The monoisotopic (exact) mass is 475 g/mol. The summed E-state index contributed by atoms with van der Waals surface area (Å²) in [7, 11) is 1.96. The molecule has 0 bridgehead atoms. The predicted octanol–water partition coefficient (Wildman–Crippen LogP) is 1.03. The summed E-state index contributed by atoms with van der Waals surface area (Å²) in [5.74, 6) is 3.16. The lowest BCUT2D eigenvalue weighted by Crippen LogP contribution is -2.47. The average molecular weight is 476 g/mol. The van der Waals surface area contributed by atoms with Gasteiger partial charge in [-0.05, 0) is 12.1 Å². The maximum Gasteiger partial charge on any atom is 0.239 e. The van der Waals surface area contributed by atoms with Gasteiger partial charge in [-0.3, -0.25) is 9.36 Å². The highest BCUT2D eigenvalue weighted by Gasteiger charge is 2.26. The van der Waals surface area contributed by atoms with Crippen LogP contribution in [-0.4, -0.2) is 85.8 Å². The summed E-state index contributed by atoms with van der Waals surface area (Å²) in [6.07, 6.45) is 0.755. The lowest BCUT2D eigenvalue weighted by atomic mass is 10.3. The van der Waals surface area contributed by atoms with Gasteiger partial charge in [0.2, 0.25) is 11.9 Å². The summed E-state index contributed by atoms with van der Waals surface area (Å²) in [5, 5.41) is 3.12. The molecule has 182 valence electrons. The zero-order valence-electron chi connectivity index (χ0n) is 20.1. The van der Waals surface area contributed by atoms with E-state index in [1.54, 1.807) is 0 Å². The van der Waals surface area contributed by atoms with Crippen LogP contribution in [0.25, 0.3) is 28.1 Å². The number of carbonyl (C=O) groups excluding carboxylic acids is 1. The Bertz CT molecular complexity index is 1400. The molecule has 1 aromatic carbocycles. The summed E-state index contributed by atoms with van der Waals surface area (Å²) in [5.41, 5.74) is 3.39. The van der Waals surface area contributed by atoms with E-state index in [9.17, 15) is 4.79 Å². The number of aromatic nitrogens is 6. The number of piperazine rings is 1. The maximum absolute atomic E-state index is 12.4. The highest BCUT2D eigenvalue weighted by atomic mass is 16.5. The Morgan fingerprint density at radius 3 is 2.66 bits per heavy atom. The summed E-state index contributed by atoms with van der Waals surface area (Å²) < 4.78 is 9.63. The number of benzene rings is 1. The molecule has 11 heteroatoms. The molecular formula is C24H29N9O2. The van der Waals surface area contributed by atoms with E-state index >= 15 is 0 Å². The van der Waals surface area contributed by atoms with Crippen LogP contribution in [-0.2, 0) is 29.5 Å². The first-order valence-corrected chi connectivity index (χ1v) is 12.1. The largest absolute Gasteiger partial charge is 0.378 e. The molecule has 6 rings (SSSR count). The van der Waals surface area contributed by atoms with Gasteiger partial charge in [-0.25, -0.2) is 9.97 Å². The van der Waals surface area contributed by atoms with Crippen LogP contribution >= 0.6 is 0 Å². The second-order valence-electron chi connectivity index (χ2n) is 8.90. The van der Waals surface area contributed by atoms with Crippen molar-refractivity contribution in [3.8, 4) is 5.95 Å². The Morgan fingerprint density at radius 2 is 1.86 bits per heavy atom. The highest BCUT2D eigenvalue weighted by Crippen LogP contribution is 2.28. The van der Waals surface area contributed by atoms with Gasteiger partial charge < -0.3 is 24.4 Å². The van der Waals surface area contributed by atoms with E-state index in [1.165, 1.54) is 0 Å². The molecule has 0 atom stereocenters. The Balaban J connectivity index is 1.53. The number of hydrogen-bond donors (Lipinski definition) is 1. The number of carbonyl (C=O) groups is 1. The minimum absolute atomic E-state index is 0.0842. The van der Waals surface area contributed by atoms with Gasteiger partial charge in [0.05, 0.1) is 37.3 Å². The molecule has 0 spiro atoms. The van der Waals surface area contributed by atoms with E-state index in [4.69, 9.17) is 24.7 Å². The molecule has 0 saturated carbocycles. The first-order valence-electron chi connectivity index (χ1n) is 12.1. The summed E-state index contributed by atoms with van der Waals surface area (Å²) in [6.45, 7) is 7.10. The van der Waals surface area contributed by atoms with Gasteiger partial charge in [0, 0.05) is 39.6 Å². The number of nitrogens with zero attached hydrogens (tertiary/aromatic N) is 8. The normalized spacial score (nSPS) is 17.1. The number of amides is 1. The average Bonchev–Trinajstić information content (AvgIpc) is 3.43. The zero-order chi connectivity index (χ0) is 23.9.